The van der Waals surface area contributed by atoms with Crippen molar-refractivity contribution in [2.45, 2.75) is 58.1 Å². The Labute approximate surface area is 126 Å². The number of aliphatic hydroxyl groups is 1. The molecule has 3 fully saturated rings. The van der Waals surface area contributed by atoms with Crippen LogP contribution in [-0.2, 0) is 4.79 Å². The molecule has 2 heterocycles. The molecule has 2 saturated carbocycles. The monoisotopic (exact) mass is 290 g/mol. The van der Waals surface area contributed by atoms with Crippen molar-refractivity contribution >= 4 is 11.7 Å². The summed E-state index contributed by atoms with van der Waals surface area (Å²) in [5.41, 5.74) is 0. The molecule has 4 nitrogen and oxygen atoms in total. The zero-order chi connectivity index (χ0) is 14.7. The van der Waals surface area contributed by atoms with Crippen molar-refractivity contribution < 1.29 is 9.90 Å². The van der Waals surface area contributed by atoms with Gasteiger partial charge >= 0.3 is 0 Å². The number of rotatable bonds is 0. The van der Waals surface area contributed by atoms with Gasteiger partial charge in [0, 0.05) is 12.5 Å². The van der Waals surface area contributed by atoms with Crippen LogP contribution in [0.15, 0.2) is 4.99 Å². The molecule has 4 rings (SSSR count). The molecule has 2 aliphatic carbocycles. The summed E-state index contributed by atoms with van der Waals surface area (Å²) in [6.45, 7) is 5.20. The highest BCUT2D eigenvalue weighted by Gasteiger charge is 2.55. The lowest BCUT2D eigenvalue weighted by atomic mass is 9.61. The minimum atomic E-state index is -0.199. The lowest BCUT2D eigenvalue weighted by molar-refractivity contribution is -0.135. The van der Waals surface area contributed by atoms with Crippen molar-refractivity contribution in [1.29, 1.82) is 0 Å². The summed E-state index contributed by atoms with van der Waals surface area (Å²) in [6, 6.07) is 0.331. The van der Waals surface area contributed by atoms with Crippen LogP contribution < -0.4 is 0 Å². The number of carbonyl (C=O) groups is 1. The van der Waals surface area contributed by atoms with Gasteiger partial charge in [-0.05, 0) is 56.8 Å². The van der Waals surface area contributed by atoms with Gasteiger partial charge in [0.2, 0.25) is 5.91 Å². The molecule has 21 heavy (non-hydrogen) atoms. The van der Waals surface area contributed by atoms with Gasteiger partial charge in [-0.3, -0.25) is 14.7 Å². The number of amides is 1. The van der Waals surface area contributed by atoms with E-state index in [2.05, 4.69) is 13.8 Å². The topological polar surface area (TPSA) is 52.9 Å². The summed E-state index contributed by atoms with van der Waals surface area (Å²) in [4.78, 5) is 19.8. The second kappa shape index (κ2) is 4.80. The van der Waals surface area contributed by atoms with Crippen molar-refractivity contribution in [2.75, 3.05) is 6.54 Å². The maximum absolute atomic E-state index is 13.0. The zero-order valence-corrected chi connectivity index (χ0v) is 13.0. The normalized spacial score (nSPS) is 49.3. The minimum Gasteiger partial charge on any atom is -0.393 e. The molecule has 0 radical (unpaired) electrons. The van der Waals surface area contributed by atoms with Gasteiger partial charge in [-0.15, -0.1) is 0 Å². The number of aliphatic imine (C=N–C) groups is 1. The Morgan fingerprint density at radius 1 is 1.19 bits per heavy atom. The van der Waals surface area contributed by atoms with Gasteiger partial charge in [0.25, 0.3) is 0 Å². The van der Waals surface area contributed by atoms with E-state index < -0.39 is 0 Å². The summed E-state index contributed by atoms with van der Waals surface area (Å²) in [7, 11) is 0. The molecule has 0 aromatic rings. The largest absolute Gasteiger partial charge is 0.393 e. The second-order valence-electron chi connectivity index (χ2n) is 7.75. The lowest BCUT2D eigenvalue weighted by Crippen LogP contribution is -2.43. The molecule has 0 spiro atoms. The first kappa shape index (κ1) is 13.7. The van der Waals surface area contributed by atoms with E-state index in [9.17, 15) is 9.90 Å². The predicted molar refractivity (Wildman–Crippen MR) is 80.8 cm³/mol. The van der Waals surface area contributed by atoms with Gasteiger partial charge in [0.1, 0.15) is 5.84 Å². The number of hydrogen-bond donors (Lipinski definition) is 1. The number of fused-ring (bicyclic) bond motifs is 5. The molecule has 4 heteroatoms. The van der Waals surface area contributed by atoms with Crippen LogP contribution in [0, 0.1) is 29.6 Å². The van der Waals surface area contributed by atoms with Crippen LogP contribution in [0.1, 0.15) is 46.0 Å². The SMILES string of the molecule is CC1CN2C(=O)C3C(CCC4CCC(O)CC43)C2=N[C@H]1C. The molecule has 1 amide bonds. The Bertz CT molecular complexity index is 489. The highest BCUT2D eigenvalue weighted by Crippen LogP contribution is 2.51. The second-order valence-corrected chi connectivity index (χ2v) is 7.75. The average Bonchev–Trinajstić information content (AvgIpc) is 2.73. The minimum absolute atomic E-state index is 0.106. The first-order chi connectivity index (χ1) is 10.1. The Kier molecular flexibility index (Phi) is 3.14. The molecule has 0 aromatic carbocycles. The highest BCUT2D eigenvalue weighted by atomic mass is 16.3. The van der Waals surface area contributed by atoms with Crippen LogP contribution in [0.2, 0.25) is 0 Å². The molecule has 6 unspecified atom stereocenters. The van der Waals surface area contributed by atoms with Crippen LogP contribution in [0.4, 0.5) is 0 Å². The molecular weight excluding hydrogens is 264 g/mol. The highest BCUT2D eigenvalue weighted by molar-refractivity contribution is 6.08. The van der Waals surface area contributed by atoms with Crippen LogP contribution in [0.5, 0.6) is 0 Å². The van der Waals surface area contributed by atoms with Gasteiger partial charge in [-0.1, -0.05) is 6.92 Å². The molecule has 1 saturated heterocycles. The van der Waals surface area contributed by atoms with Crippen molar-refractivity contribution in [1.82, 2.24) is 4.90 Å². The van der Waals surface area contributed by atoms with Crippen LogP contribution >= 0.6 is 0 Å². The van der Waals surface area contributed by atoms with Gasteiger partial charge in [-0.25, -0.2) is 0 Å². The van der Waals surface area contributed by atoms with E-state index in [0.717, 1.165) is 38.1 Å². The molecular formula is C17H26N2O2. The fraction of sp³-hybridized carbons (Fsp3) is 0.882. The number of carbonyl (C=O) groups excluding carboxylic acids is 1. The Hall–Kier alpha value is -0.900. The van der Waals surface area contributed by atoms with E-state index in [-0.39, 0.29) is 12.0 Å². The summed E-state index contributed by atoms with van der Waals surface area (Å²) in [6.07, 6.45) is 4.97. The van der Waals surface area contributed by atoms with E-state index in [0.29, 0.717) is 35.6 Å². The Morgan fingerprint density at radius 2 is 1.95 bits per heavy atom. The molecule has 1 N–H and O–H groups in total. The fourth-order valence-electron chi connectivity index (χ4n) is 5.18. The molecule has 0 bridgehead atoms. The summed E-state index contributed by atoms with van der Waals surface area (Å²) in [5, 5.41) is 10.0. The smallest absolute Gasteiger partial charge is 0.232 e. The third kappa shape index (κ3) is 1.98. The number of hydrogen-bond acceptors (Lipinski definition) is 3. The van der Waals surface area contributed by atoms with Crippen molar-refractivity contribution in [2.24, 2.45) is 34.6 Å². The third-order valence-electron chi connectivity index (χ3n) is 6.55. The van der Waals surface area contributed by atoms with Crippen LogP contribution in [0.25, 0.3) is 0 Å². The van der Waals surface area contributed by atoms with Gasteiger partial charge in [0.05, 0.1) is 18.1 Å². The summed E-state index contributed by atoms with van der Waals surface area (Å²) in [5.74, 6) is 3.31. The van der Waals surface area contributed by atoms with E-state index in [1.54, 1.807) is 0 Å². The van der Waals surface area contributed by atoms with E-state index in [4.69, 9.17) is 4.99 Å². The molecule has 2 aliphatic heterocycles. The van der Waals surface area contributed by atoms with Gasteiger partial charge in [0.15, 0.2) is 0 Å². The molecule has 4 aliphatic rings. The van der Waals surface area contributed by atoms with Crippen molar-refractivity contribution in [3.8, 4) is 0 Å². The number of aliphatic hydroxyl groups excluding tert-OH is 1. The number of amidine groups is 1. The molecule has 7 atom stereocenters. The van der Waals surface area contributed by atoms with E-state index in [1.165, 1.54) is 6.42 Å². The quantitative estimate of drug-likeness (QED) is 0.742. The molecule has 116 valence electrons. The van der Waals surface area contributed by atoms with Gasteiger partial charge in [-0.2, -0.15) is 0 Å². The van der Waals surface area contributed by atoms with Gasteiger partial charge < -0.3 is 5.11 Å². The van der Waals surface area contributed by atoms with Crippen LogP contribution in [0.3, 0.4) is 0 Å². The zero-order valence-electron chi connectivity index (χ0n) is 13.0. The number of nitrogens with zero attached hydrogens (tertiary/aromatic N) is 2. The maximum Gasteiger partial charge on any atom is 0.232 e. The third-order valence-corrected chi connectivity index (χ3v) is 6.55. The predicted octanol–water partition coefficient (Wildman–Crippen LogP) is 2.07. The standard InChI is InChI=1S/C17H26N2O2/c1-9-8-19-16(18-10(9)2)13-6-4-11-3-5-12(20)7-14(11)15(13)17(19)21/h9-15,20H,3-8H2,1-2H3/t9?,10-,11?,12?,13?,14?,15?/m0/s1. The Balaban J connectivity index is 1.67. The summed E-state index contributed by atoms with van der Waals surface area (Å²) >= 11 is 0. The molecule has 0 aromatic heterocycles. The van der Waals surface area contributed by atoms with Crippen molar-refractivity contribution in [3.05, 3.63) is 0 Å². The van der Waals surface area contributed by atoms with Crippen LogP contribution in [-0.4, -0.2) is 40.4 Å². The lowest BCUT2D eigenvalue weighted by Gasteiger charge is -2.42. The van der Waals surface area contributed by atoms with E-state index >= 15 is 0 Å². The first-order valence-electron chi connectivity index (χ1n) is 8.63. The first-order valence-corrected chi connectivity index (χ1v) is 8.63. The Morgan fingerprint density at radius 3 is 2.76 bits per heavy atom. The fourth-order valence-corrected chi connectivity index (χ4v) is 5.18. The van der Waals surface area contributed by atoms with Crippen molar-refractivity contribution in [3.63, 3.8) is 0 Å². The maximum atomic E-state index is 13.0. The average molecular weight is 290 g/mol. The van der Waals surface area contributed by atoms with E-state index in [1.807, 2.05) is 4.90 Å². The summed E-state index contributed by atoms with van der Waals surface area (Å²) < 4.78 is 0.